The maximum Gasteiger partial charge on any atom is 0.424 e. The lowest BCUT2D eigenvalue weighted by Crippen LogP contribution is -2.17. The molecule has 0 spiro atoms. The van der Waals surface area contributed by atoms with Crippen LogP contribution in [0.25, 0.3) is 0 Å². The van der Waals surface area contributed by atoms with E-state index in [0.717, 1.165) is 0 Å². The van der Waals surface area contributed by atoms with Gasteiger partial charge in [0.2, 0.25) is 0 Å². The summed E-state index contributed by atoms with van der Waals surface area (Å²) in [7, 11) is 0. The van der Waals surface area contributed by atoms with E-state index in [9.17, 15) is 4.79 Å². The molecule has 0 fully saturated rings. The summed E-state index contributed by atoms with van der Waals surface area (Å²) in [5, 5.41) is 0. The second kappa shape index (κ2) is 3.91. The second-order valence-electron chi connectivity index (χ2n) is 2.90. The van der Waals surface area contributed by atoms with Gasteiger partial charge in [-0.15, -0.1) is 0 Å². The molecule has 0 aromatic carbocycles. The molecular formula is C10H9N3O2. The third kappa shape index (κ3) is 2.01. The molecule has 2 aromatic heterocycles. The maximum atomic E-state index is 11.6. The molecule has 2 aromatic rings. The van der Waals surface area contributed by atoms with E-state index in [1.54, 1.807) is 37.6 Å². The molecule has 0 bridgehead atoms. The van der Waals surface area contributed by atoms with Crippen LogP contribution in [0.3, 0.4) is 0 Å². The molecule has 5 nitrogen and oxygen atoms in total. The van der Waals surface area contributed by atoms with Crippen LogP contribution in [0, 0.1) is 6.92 Å². The van der Waals surface area contributed by atoms with E-state index in [0.29, 0.717) is 11.6 Å². The van der Waals surface area contributed by atoms with E-state index in [1.165, 1.54) is 10.8 Å². The number of hydrogen-bond acceptors (Lipinski definition) is 4. The molecule has 0 radical (unpaired) electrons. The molecule has 15 heavy (non-hydrogen) atoms. The Labute approximate surface area is 86.4 Å². The van der Waals surface area contributed by atoms with Crippen molar-refractivity contribution < 1.29 is 9.53 Å². The van der Waals surface area contributed by atoms with Crippen LogP contribution >= 0.6 is 0 Å². The van der Waals surface area contributed by atoms with Gasteiger partial charge in [0.05, 0.1) is 6.20 Å². The highest BCUT2D eigenvalue weighted by atomic mass is 16.6. The van der Waals surface area contributed by atoms with Crippen LogP contribution in [-0.2, 0) is 0 Å². The Kier molecular flexibility index (Phi) is 2.45. The van der Waals surface area contributed by atoms with Gasteiger partial charge in [-0.2, -0.15) is 0 Å². The summed E-state index contributed by atoms with van der Waals surface area (Å²) in [4.78, 5) is 19.3. The van der Waals surface area contributed by atoms with Gasteiger partial charge in [0.25, 0.3) is 0 Å². The van der Waals surface area contributed by atoms with Crippen molar-refractivity contribution in [1.29, 1.82) is 0 Å². The number of hydrogen-bond donors (Lipinski definition) is 0. The van der Waals surface area contributed by atoms with Gasteiger partial charge in [0.15, 0.2) is 5.75 Å². The van der Waals surface area contributed by atoms with Crippen molar-refractivity contribution >= 4 is 6.09 Å². The maximum absolute atomic E-state index is 11.6. The summed E-state index contributed by atoms with van der Waals surface area (Å²) < 4.78 is 6.39. The fourth-order valence-corrected chi connectivity index (χ4v) is 1.13. The van der Waals surface area contributed by atoms with Crippen LogP contribution in [0.4, 0.5) is 4.79 Å². The number of carbonyl (C=O) groups is 1. The van der Waals surface area contributed by atoms with Crippen molar-refractivity contribution in [3.8, 4) is 5.75 Å². The van der Waals surface area contributed by atoms with Gasteiger partial charge in [-0.25, -0.2) is 14.3 Å². The third-order valence-corrected chi connectivity index (χ3v) is 1.86. The van der Waals surface area contributed by atoms with Crippen LogP contribution in [0.5, 0.6) is 5.75 Å². The van der Waals surface area contributed by atoms with Crippen LogP contribution in [-0.4, -0.2) is 20.6 Å². The van der Waals surface area contributed by atoms with Crippen molar-refractivity contribution in [2.75, 3.05) is 0 Å². The lowest BCUT2D eigenvalue weighted by atomic mass is 10.5. The molecule has 0 N–H and O–H groups in total. The molecule has 5 heteroatoms. The van der Waals surface area contributed by atoms with E-state index in [1.807, 2.05) is 0 Å². The first-order valence-corrected chi connectivity index (χ1v) is 4.39. The Morgan fingerprint density at radius 3 is 2.93 bits per heavy atom. The number of imidazole rings is 1. The number of carbonyl (C=O) groups excluding carboxylic acids is 1. The summed E-state index contributed by atoms with van der Waals surface area (Å²) in [5.41, 5.74) is 0. The quantitative estimate of drug-likeness (QED) is 0.706. The van der Waals surface area contributed by atoms with E-state index in [-0.39, 0.29) is 0 Å². The molecular weight excluding hydrogens is 194 g/mol. The van der Waals surface area contributed by atoms with Gasteiger partial charge in [-0.1, -0.05) is 0 Å². The van der Waals surface area contributed by atoms with Gasteiger partial charge in [0, 0.05) is 18.6 Å². The van der Waals surface area contributed by atoms with E-state index in [4.69, 9.17) is 4.74 Å². The Morgan fingerprint density at radius 1 is 1.47 bits per heavy atom. The van der Waals surface area contributed by atoms with E-state index in [2.05, 4.69) is 9.97 Å². The Hall–Kier alpha value is -2.17. The first-order valence-electron chi connectivity index (χ1n) is 4.39. The average molecular weight is 203 g/mol. The number of ether oxygens (including phenoxy) is 1. The lowest BCUT2D eigenvalue weighted by Gasteiger charge is -2.04. The fraction of sp³-hybridized carbons (Fsp3) is 0.100. The topological polar surface area (TPSA) is 57.0 Å². The van der Waals surface area contributed by atoms with Crippen molar-refractivity contribution in [3.05, 3.63) is 42.7 Å². The SMILES string of the molecule is Cc1nccn1C(=O)Oc1cccnc1. The highest BCUT2D eigenvalue weighted by Crippen LogP contribution is 2.08. The Morgan fingerprint density at radius 2 is 2.33 bits per heavy atom. The zero-order valence-corrected chi connectivity index (χ0v) is 8.12. The van der Waals surface area contributed by atoms with Crippen LogP contribution in [0.15, 0.2) is 36.9 Å². The molecule has 0 saturated carbocycles. The Balaban J connectivity index is 2.15. The van der Waals surface area contributed by atoms with Gasteiger partial charge in [-0.3, -0.25) is 4.98 Å². The highest BCUT2D eigenvalue weighted by molar-refractivity contribution is 5.73. The van der Waals surface area contributed by atoms with Crippen molar-refractivity contribution in [2.45, 2.75) is 6.92 Å². The summed E-state index contributed by atoms with van der Waals surface area (Å²) in [6.07, 6.45) is 5.69. The summed E-state index contributed by atoms with van der Waals surface area (Å²) >= 11 is 0. The van der Waals surface area contributed by atoms with Crippen LogP contribution in [0.2, 0.25) is 0 Å². The standard InChI is InChI=1S/C10H9N3O2/c1-8-12-5-6-13(8)10(14)15-9-3-2-4-11-7-9/h2-7H,1H3. The van der Waals surface area contributed by atoms with Crippen molar-refractivity contribution in [3.63, 3.8) is 0 Å². The first-order chi connectivity index (χ1) is 7.27. The molecule has 0 unspecified atom stereocenters. The minimum Gasteiger partial charge on any atom is -0.408 e. The molecule has 0 atom stereocenters. The van der Waals surface area contributed by atoms with Crippen LogP contribution < -0.4 is 4.74 Å². The second-order valence-corrected chi connectivity index (χ2v) is 2.90. The summed E-state index contributed by atoms with van der Waals surface area (Å²) in [6, 6.07) is 3.36. The molecule has 0 saturated heterocycles. The molecule has 76 valence electrons. The third-order valence-electron chi connectivity index (χ3n) is 1.86. The molecule has 2 heterocycles. The number of aryl methyl sites for hydroxylation is 1. The van der Waals surface area contributed by atoms with Gasteiger partial charge in [0.1, 0.15) is 5.82 Å². The first kappa shape index (κ1) is 9.39. The number of nitrogens with zero attached hydrogens (tertiary/aromatic N) is 3. The molecule has 0 aliphatic rings. The smallest absolute Gasteiger partial charge is 0.408 e. The number of aromatic nitrogens is 3. The minimum atomic E-state index is -0.488. The van der Waals surface area contributed by atoms with Gasteiger partial charge in [-0.05, 0) is 19.1 Å². The predicted octanol–water partition coefficient (Wildman–Crippen LogP) is 1.63. The largest absolute Gasteiger partial charge is 0.424 e. The fourth-order valence-electron chi connectivity index (χ4n) is 1.13. The monoisotopic (exact) mass is 203 g/mol. The highest BCUT2D eigenvalue weighted by Gasteiger charge is 2.09. The average Bonchev–Trinajstić information content (AvgIpc) is 2.66. The number of rotatable bonds is 1. The van der Waals surface area contributed by atoms with Crippen molar-refractivity contribution in [2.24, 2.45) is 0 Å². The predicted molar refractivity (Wildman–Crippen MR) is 52.6 cm³/mol. The zero-order chi connectivity index (χ0) is 10.7. The molecule has 0 aliphatic carbocycles. The van der Waals surface area contributed by atoms with Crippen LogP contribution in [0.1, 0.15) is 5.82 Å². The van der Waals surface area contributed by atoms with Gasteiger partial charge >= 0.3 is 6.09 Å². The van der Waals surface area contributed by atoms with E-state index >= 15 is 0 Å². The van der Waals surface area contributed by atoms with Gasteiger partial charge < -0.3 is 4.74 Å². The summed E-state index contributed by atoms with van der Waals surface area (Å²) in [6.45, 7) is 1.73. The molecule has 2 rings (SSSR count). The Bertz CT molecular complexity index is 465. The summed E-state index contributed by atoms with van der Waals surface area (Å²) in [5.74, 6) is 1.000. The lowest BCUT2D eigenvalue weighted by molar-refractivity contribution is 0.201. The molecule has 0 amide bonds. The zero-order valence-electron chi connectivity index (χ0n) is 8.12. The minimum absolute atomic E-state index is 0.413. The molecule has 0 aliphatic heterocycles. The number of pyridine rings is 1. The normalized spacial score (nSPS) is 9.93. The van der Waals surface area contributed by atoms with E-state index < -0.39 is 6.09 Å². The van der Waals surface area contributed by atoms with Crippen molar-refractivity contribution in [1.82, 2.24) is 14.5 Å².